The number of aromatic nitrogens is 1. The summed E-state index contributed by atoms with van der Waals surface area (Å²) in [5.41, 5.74) is 3.09. The molecule has 0 bridgehead atoms. The second-order valence-corrected chi connectivity index (χ2v) is 7.62. The van der Waals surface area contributed by atoms with E-state index in [1.807, 2.05) is 12.1 Å². The Morgan fingerprint density at radius 1 is 1.21 bits per heavy atom. The van der Waals surface area contributed by atoms with Gasteiger partial charge in [0.05, 0.1) is 12.3 Å². The zero-order valence-electron chi connectivity index (χ0n) is 15.6. The molecular weight excluding hydrogens is 354 g/mol. The van der Waals surface area contributed by atoms with Crippen molar-refractivity contribution in [3.63, 3.8) is 0 Å². The van der Waals surface area contributed by atoms with Crippen LogP contribution in [0.2, 0.25) is 0 Å². The Labute approximate surface area is 163 Å². The highest BCUT2D eigenvalue weighted by Gasteiger charge is 2.30. The lowest BCUT2D eigenvalue weighted by atomic mass is 9.98. The molecule has 3 aromatic rings. The monoisotopic (exact) mass is 377 g/mol. The average molecular weight is 377 g/mol. The van der Waals surface area contributed by atoms with E-state index in [1.165, 1.54) is 11.1 Å². The van der Waals surface area contributed by atoms with E-state index in [0.717, 1.165) is 43.9 Å². The van der Waals surface area contributed by atoms with Gasteiger partial charge < -0.3 is 14.3 Å². The Hall–Kier alpha value is -2.86. The number of nitrogens with one attached hydrogen (secondary N) is 1. The van der Waals surface area contributed by atoms with Gasteiger partial charge in [-0.05, 0) is 42.5 Å². The maximum Gasteiger partial charge on any atom is 0.273 e. The Morgan fingerprint density at radius 2 is 2.07 bits per heavy atom. The van der Waals surface area contributed by atoms with Crippen molar-refractivity contribution in [1.82, 2.24) is 15.4 Å². The van der Waals surface area contributed by atoms with Crippen LogP contribution in [0.5, 0.6) is 0 Å². The van der Waals surface area contributed by atoms with E-state index in [-0.39, 0.29) is 11.9 Å². The number of amides is 1. The van der Waals surface area contributed by atoms with Crippen LogP contribution in [0.25, 0.3) is 0 Å². The van der Waals surface area contributed by atoms with Crippen molar-refractivity contribution in [1.29, 1.82) is 0 Å². The summed E-state index contributed by atoms with van der Waals surface area (Å²) in [5, 5.41) is 6.95. The van der Waals surface area contributed by atoms with Crippen molar-refractivity contribution in [2.75, 3.05) is 13.1 Å². The molecule has 28 heavy (non-hydrogen) atoms. The number of benzene rings is 1. The van der Waals surface area contributed by atoms with Crippen molar-refractivity contribution in [2.45, 2.75) is 37.8 Å². The summed E-state index contributed by atoms with van der Waals surface area (Å²) in [5.74, 6) is 1.92. The molecule has 1 unspecified atom stereocenters. The molecule has 5 rings (SSSR count). The predicted octanol–water partition coefficient (Wildman–Crippen LogP) is 3.67. The van der Waals surface area contributed by atoms with Gasteiger partial charge in [0.1, 0.15) is 11.5 Å². The minimum absolute atomic E-state index is 0.0258. The van der Waals surface area contributed by atoms with E-state index in [1.54, 1.807) is 12.3 Å². The largest absolute Gasteiger partial charge is 0.468 e. The first-order valence-electron chi connectivity index (χ1n) is 9.87. The molecule has 1 saturated carbocycles. The number of hydrogen-bond donors (Lipinski definition) is 1. The van der Waals surface area contributed by atoms with E-state index in [0.29, 0.717) is 18.2 Å². The van der Waals surface area contributed by atoms with Crippen LogP contribution in [-0.4, -0.2) is 29.1 Å². The summed E-state index contributed by atoms with van der Waals surface area (Å²) in [6.07, 6.45) is 4.91. The molecule has 1 aromatic carbocycles. The topological polar surface area (TPSA) is 71.5 Å². The first-order chi connectivity index (χ1) is 13.8. The highest BCUT2D eigenvalue weighted by atomic mass is 16.5. The van der Waals surface area contributed by atoms with Crippen LogP contribution in [0.15, 0.2) is 57.7 Å². The summed E-state index contributed by atoms with van der Waals surface area (Å²) < 4.78 is 11.0. The SMILES string of the molecule is O=C(NCC(c1ccco1)N1CCc2ccccc2C1)c1cc(C2CC2)on1. The quantitative estimate of drug-likeness (QED) is 0.710. The Kier molecular flexibility index (Phi) is 4.49. The van der Waals surface area contributed by atoms with E-state index in [9.17, 15) is 4.79 Å². The van der Waals surface area contributed by atoms with Gasteiger partial charge in [-0.15, -0.1) is 0 Å². The Bertz CT molecular complexity index is 959. The molecule has 1 fully saturated rings. The van der Waals surface area contributed by atoms with Gasteiger partial charge in [-0.2, -0.15) is 0 Å². The van der Waals surface area contributed by atoms with Crippen LogP contribution >= 0.6 is 0 Å². The number of rotatable bonds is 6. The first kappa shape index (κ1) is 17.3. The molecule has 6 nitrogen and oxygen atoms in total. The normalized spacial score (nSPS) is 17.9. The summed E-state index contributed by atoms with van der Waals surface area (Å²) in [4.78, 5) is 14.9. The zero-order valence-corrected chi connectivity index (χ0v) is 15.6. The van der Waals surface area contributed by atoms with Gasteiger partial charge in [-0.3, -0.25) is 9.69 Å². The number of nitrogens with zero attached hydrogens (tertiary/aromatic N) is 2. The molecule has 1 aliphatic carbocycles. The van der Waals surface area contributed by atoms with Gasteiger partial charge in [0, 0.05) is 31.6 Å². The fourth-order valence-electron chi connectivity index (χ4n) is 3.91. The van der Waals surface area contributed by atoms with Gasteiger partial charge in [0.15, 0.2) is 5.69 Å². The Morgan fingerprint density at radius 3 is 2.86 bits per heavy atom. The third-order valence-electron chi connectivity index (χ3n) is 5.67. The third-order valence-corrected chi connectivity index (χ3v) is 5.67. The molecule has 1 N–H and O–H groups in total. The van der Waals surface area contributed by atoms with Crippen LogP contribution < -0.4 is 5.32 Å². The molecule has 144 valence electrons. The van der Waals surface area contributed by atoms with E-state index >= 15 is 0 Å². The molecule has 6 heteroatoms. The third kappa shape index (κ3) is 3.47. The van der Waals surface area contributed by atoms with Crippen molar-refractivity contribution in [2.24, 2.45) is 0 Å². The highest BCUT2D eigenvalue weighted by Crippen LogP contribution is 2.40. The Balaban J connectivity index is 1.30. The van der Waals surface area contributed by atoms with Gasteiger partial charge in [-0.25, -0.2) is 0 Å². The number of hydrogen-bond acceptors (Lipinski definition) is 5. The molecule has 0 spiro atoms. The van der Waals surface area contributed by atoms with Crippen LogP contribution in [0.4, 0.5) is 0 Å². The second-order valence-electron chi connectivity index (χ2n) is 7.62. The molecule has 0 radical (unpaired) electrons. The van der Waals surface area contributed by atoms with E-state index in [4.69, 9.17) is 8.94 Å². The van der Waals surface area contributed by atoms with Crippen LogP contribution in [0.3, 0.4) is 0 Å². The summed E-state index contributed by atoms with van der Waals surface area (Å²) >= 11 is 0. The molecule has 2 aromatic heterocycles. The zero-order chi connectivity index (χ0) is 18.9. The lowest BCUT2D eigenvalue weighted by Crippen LogP contribution is -2.40. The van der Waals surface area contributed by atoms with E-state index < -0.39 is 0 Å². The smallest absolute Gasteiger partial charge is 0.273 e. The van der Waals surface area contributed by atoms with Gasteiger partial charge in [-0.1, -0.05) is 29.4 Å². The maximum atomic E-state index is 12.6. The molecule has 1 aliphatic heterocycles. The predicted molar refractivity (Wildman–Crippen MR) is 103 cm³/mol. The van der Waals surface area contributed by atoms with E-state index in [2.05, 4.69) is 39.6 Å². The van der Waals surface area contributed by atoms with Crippen LogP contribution in [0, 0.1) is 0 Å². The minimum Gasteiger partial charge on any atom is -0.468 e. The number of furan rings is 1. The molecule has 1 atom stereocenters. The van der Waals surface area contributed by atoms with Crippen molar-refractivity contribution >= 4 is 5.91 Å². The standard InChI is InChI=1S/C22H23N3O3/c26-22(18-12-21(28-24-18)16-7-8-16)23-13-19(20-6-3-11-27-20)25-10-9-15-4-1-2-5-17(15)14-25/h1-6,11-12,16,19H,7-10,13-14H2,(H,23,26). The average Bonchev–Trinajstić information content (AvgIpc) is 3.22. The molecule has 2 aliphatic rings. The van der Waals surface area contributed by atoms with Crippen LogP contribution in [0.1, 0.15) is 57.9 Å². The molecule has 3 heterocycles. The second kappa shape index (κ2) is 7.28. The summed E-state index contributed by atoms with van der Waals surface area (Å²) in [6.45, 7) is 2.22. The number of carbonyl (C=O) groups excluding carboxylic acids is 1. The highest BCUT2D eigenvalue weighted by molar-refractivity contribution is 5.92. The summed E-state index contributed by atoms with van der Waals surface area (Å²) in [6, 6.07) is 14.1. The molecule has 1 amide bonds. The lowest BCUT2D eigenvalue weighted by molar-refractivity contribution is 0.0910. The number of fused-ring (bicyclic) bond motifs is 1. The van der Waals surface area contributed by atoms with Gasteiger partial charge in [0.2, 0.25) is 0 Å². The van der Waals surface area contributed by atoms with Crippen LogP contribution in [-0.2, 0) is 13.0 Å². The minimum atomic E-state index is -0.204. The van der Waals surface area contributed by atoms with Crippen molar-refractivity contribution in [3.8, 4) is 0 Å². The van der Waals surface area contributed by atoms with Crippen molar-refractivity contribution < 1.29 is 13.7 Å². The van der Waals surface area contributed by atoms with Gasteiger partial charge >= 0.3 is 0 Å². The van der Waals surface area contributed by atoms with Crippen molar-refractivity contribution in [3.05, 3.63) is 77.1 Å². The summed E-state index contributed by atoms with van der Waals surface area (Å²) in [7, 11) is 0. The molecule has 0 saturated heterocycles. The fraction of sp³-hybridized carbons (Fsp3) is 0.364. The van der Waals surface area contributed by atoms with Gasteiger partial charge in [0.25, 0.3) is 5.91 Å². The lowest BCUT2D eigenvalue weighted by Gasteiger charge is -2.34. The maximum absolute atomic E-state index is 12.6. The first-order valence-corrected chi connectivity index (χ1v) is 9.87. The fourth-order valence-corrected chi connectivity index (χ4v) is 3.91. The molecular formula is C22H23N3O3. The number of carbonyl (C=O) groups is 1.